The van der Waals surface area contributed by atoms with Gasteiger partial charge in [-0.15, -0.1) is 0 Å². The molecule has 292 valence electrons. The Balaban J connectivity index is 1.02. The van der Waals surface area contributed by atoms with Gasteiger partial charge in [-0.2, -0.15) is 0 Å². The van der Waals surface area contributed by atoms with E-state index in [4.69, 9.17) is 0 Å². The predicted molar refractivity (Wildman–Crippen MR) is 265 cm³/mol. The molecule has 0 saturated carbocycles. The lowest BCUT2D eigenvalue weighted by Gasteiger charge is -2.29. The van der Waals surface area contributed by atoms with Crippen molar-refractivity contribution in [2.75, 3.05) is 9.80 Å². The zero-order valence-electron chi connectivity index (χ0n) is 34.1. The van der Waals surface area contributed by atoms with Gasteiger partial charge in [0.25, 0.3) is 0 Å². The summed E-state index contributed by atoms with van der Waals surface area (Å²) in [5.74, 6) is 0. The molecule has 11 aromatic carbocycles. The van der Waals surface area contributed by atoms with E-state index in [9.17, 15) is 0 Å². The monoisotopic (exact) mass is 790 g/mol. The van der Waals surface area contributed by atoms with Crippen LogP contribution in [0.15, 0.2) is 255 Å². The molecule has 0 N–H and O–H groups in total. The second-order valence-electron chi connectivity index (χ2n) is 15.8. The maximum Gasteiger partial charge on any atom is 0.0546 e. The number of benzene rings is 11. The molecule has 62 heavy (non-hydrogen) atoms. The van der Waals surface area contributed by atoms with Crippen molar-refractivity contribution in [3.8, 4) is 33.4 Å². The van der Waals surface area contributed by atoms with Crippen LogP contribution in [0.25, 0.3) is 65.7 Å². The summed E-state index contributed by atoms with van der Waals surface area (Å²) >= 11 is 0. The van der Waals surface area contributed by atoms with Gasteiger partial charge in [0.05, 0.1) is 5.69 Å². The van der Waals surface area contributed by atoms with Gasteiger partial charge in [-0.1, -0.05) is 188 Å². The minimum Gasteiger partial charge on any atom is -0.310 e. The normalized spacial score (nSPS) is 11.2. The van der Waals surface area contributed by atoms with Crippen molar-refractivity contribution in [3.63, 3.8) is 0 Å². The first kappa shape index (κ1) is 36.8. The minimum absolute atomic E-state index is 1.09. The SMILES string of the molecule is c1ccc(-c2ccc(N(c3cccc(-c4ccc(N(c5ccc6ccccc6c5)c5ccc6ccccc6c5-c5ccccc5)cc4)c3)c3ccc4ccccc4c3)cc2)cc1. The van der Waals surface area contributed by atoms with Gasteiger partial charge in [0.15, 0.2) is 0 Å². The summed E-state index contributed by atoms with van der Waals surface area (Å²) < 4.78 is 0. The predicted octanol–water partition coefficient (Wildman–Crippen LogP) is 17.1. The Labute approximate surface area is 362 Å². The van der Waals surface area contributed by atoms with Gasteiger partial charge >= 0.3 is 0 Å². The highest BCUT2D eigenvalue weighted by molar-refractivity contribution is 6.06. The largest absolute Gasteiger partial charge is 0.310 e. The smallest absolute Gasteiger partial charge is 0.0546 e. The van der Waals surface area contributed by atoms with Gasteiger partial charge < -0.3 is 9.80 Å². The van der Waals surface area contributed by atoms with Gasteiger partial charge in [-0.3, -0.25) is 0 Å². The van der Waals surface area contributed by atoms with Crippen molar-refractivity contribution in [1.29, 1.82) is 0 Å². The van der Waals surface area contributed by atoms with Crippen LogP contribution in [0.3, 0.4) is 0 Å². The molecule has 0 spiro atoms. The van der Waals surface area contributed by atoms with Crippen LogP contribution >= 0.6 is 0 Å². The topological polar surface area (TPSA) is 6.48 Å². The Kier molecular flexibility index (Phi) is 9.57. The molecule has 0 atom stereocenters. The van der Waals surface area contributed by atoms with E-state index in [0.29, 0.717) is 0 Å². The van der Waals surface area contributed by atoms with Crippen LogP contribution in [0.2, 0.25) is 0 Å². The average Bonchev–Trinajstić information content (AvgIpc) is 3.35. The second kappa shape index (κ2) is 16.1. The van der Waals surface area contributed by atoms with Crippen molar-refractivity contribution in [3.05, 3.63) is 255 Å². The molecule has 2 nitrogen and oxygen atoms in total. The molecular formula is C60H42N2. The number of nitrogens with zero attached hydrogens (tertiary/aromatic N) is 2. The van der Waals surface area contributed by atoms with E-state index in [-0.39, 0.29) is 0 Å². The van der Waals surface area contributed by atoms with Crippen LogP contribution < -0.4 is 9.80 Å². The van der Waals surface area contributed by atoms with Gasteiger partial charge in [-0.25, -0.2) is 0 Å². The van der Waals surface area contributed by atoms with Gasteiger partial charge in [0.1, 0.15) is 0 Å². The number of anilines is 6. The van der Waals surface area contributed by atoms with Crippen molar-refractivity contribution in [2.45, 2.75) is 0 Å². The number of rotatable bonds is 9. The summed E-state index contributed by atoms with van der Waals surface area (Å²) in [5.41, 5.74) is 13.7. The Morgan fingerprint density at radius 1 is 0.210 bits per heavy atom. The molecule has 0 radical (unpaired) electrons. The quantitative estimate of drug-likeness (QED) is 0.144. The molecule has 0 aliphatic heterocycles. The van der Waals surface area contributed by atoms with E-state index >= 15 is 0 Å². The highest BCUT2D eigenvalue weighted by Gasteiger charge is 2.21. The van der Waals surface area contributed by atoms with E-state index in [0.717, 1.165) is 45.3 Å². The van der Waals surface area contributed by atoms with E-state index in [1.54, 1.807) is 0 Å². The van der Waals surface area contributed by atoms with Crippen molar-refractivity contribution >= 4 is 66.4 Å². The molecule has 0 bridgehead atoms. The van der Waals surface area contributed by atoms with Crippen LogP contribution in [-0.2, 0) is 0 Å². The lowest BCUT2D eigenvalue weighted by molar-refractivity contribution is 1.29. The summed E-state index contributed by atoms with van der Waals surface area (Å²) in [6, 6.07) is 92.2. The molecule has 0 aliphatic carbocycles. The second-order valence-corrected chi connectivity index (χ2v) is 15.8. The molecule has 2 heteroatoms. The summed E-state index contributed by atoms with van der Waals surface area (Å²) in [4.78, 5) is 4.79. The zero-order valence-corrected chi connectivity index (χ0v) is 34.1. The summed E-state index contributed by atoms with van der Waals surface area (Å²) in [7, 11) is 0. The third-order valence-corrected chi connectivity index (χ3v) is 12.0. The number of hydrogen-bond donors (Lipinski definition) is 0. The van der Waals surface area contributed by atoms with Gasteiger partial charge in [0.2, 0.25) is 0 Å². The van der Waals surface area contributed by atoms with Crippen molar-refractivity contribution in [2.24, 2.45) is 0 Å². The fourth-order valence-corrected chi connectivity index (χ4v) is 8.92. The van der Waals surface area contributed by atoms with Crippen LogP contribution in [0.1, 0.15) is 0 Å². The standard InChI is InChI=1S/C60H42N2/c1-3-14-43(15-4-1)46-26-33-53(34-27-46)61(56-37-30-44-16-7-9-21-50(44)41-56)55-24-13-23-52(40-55)47-28-35-54(36-29-47)62(57-38-31-45-17-8-10-22-51(45)42-57)59-39-32-48-18-11-12-25-58(48)60(59)49-19-5-2-6-20-49/h1-42H. The first-order valence-corrected chi connectivity index (χ1v) is 21.2. The lowest BCUT2D eigenvalue weighted by atomic mass is 9.95. The third kappa shape index (κ3) is 7.04. The fraction of sp³-hybridized carbons (Fsp3) is 0. The number of hydrogen-bond acceptors (Lipinski definition) is 2. The van der Waals surface area contributed by atoms with Crippen LogP contribution in [0.4, 0.5) is 34.1 Å². The maximum atomic E-state index is 2.42. The van der Waals surface area contributed by atoms with Crippen molar-refractivity contribution < 1.29 is 0 Å². The molecular weight excluding hydrogens is 749 g/mol. The maximum absolute atomic E-state index is 2.42. The van der Waals surface area contributed by atoms with E-state index in [2.05, 4.69) is 265 Å². The zero-order chi connectivity index (χ0) is 41.2. The Hall–Kier alpha value is -8.20. The first-order chi connectivity index (χ1) is 30.7. The molecule has 0 aliphatic rings. The van der Waals surface area contributed by atoms with Gasteiger partial charge in [0, 0.05) is 34.0 Å². The Morgan fingerprint density at radius 2 is 0.629 bits per heavy atom. The minimum atomic E-state index is 1.09. The van der Waals surface area contributed by atoms with E-state index in [1.807, 2.05) is 0 Å². The molecule has 11 aromatic rings. The molecule has 0 amide bonds. The van der Waals surface area contributed by atoms with Crippen LogP contribution in [0, 0.1) is 0 Å². The van der Waals surface area contributed by atoms with Crippen molar-refractivity contribution in [1.82, 2.24) is 0 Å². The van der Waals surface area contributed by atoms with E-state index in [1.165, 1.54) is 54.6 Å². The average molecular weight is 791 g/mol. The fourth-order valence-electron chi connectivity index (χ4n) is 8.92. The Morgan fingerprint density at radius 3 is 1.26 bits per heavy atom. The molecule has 11 rings (SSSR count). The Bertz CT molecular complexity index is 3340. The molecule has 0 fully saturated rings. The summed E-state index contributed by atoms with van der Waals surface area (Å²) in [6.45, 7) is 0. The number of fused-ring (bicyclic) bond motifs is 3. The van der Waals surface area contributed by atoms with Crippen LogP contribution in [-0.4, -0.2) is 0 Å². The summed E-state index contributed by atoms with van der Waals surface area (Å²) in [5, 5.41) is 7.30. The molecule has 0 saturated heterocycles. The molecule has 0 unspecified atom stereocenters. The highest BCUT2D eigenvalue weighted by atomic mass is 15.1. The lowest BCUT2D eigenvalue weighted by Crippen LogP contribution is -2.11. The summed E-state index contributed by atoms with van der Waals surface area (Å²) in [6.07, 6.45) is 0. The highest BCUT2D eigenvalue weighted by Crippen LogP contribution is 2.46. The molecule has 0 heterocycles. The van der Waals surface area contributed by atoms with Gasteiger partial charge in [-0.05, 0) is 127 Å². The third-order valence-electron chi connectivity index (χ3n) is 12.0. The van der Waals surface area contributed by atoms with Crippen LogP contribution in [0.5, 0.6) is 0 Å². The van der Waals surface area contributed by atoms with E-state index < -0.39 is 0 Å². The first-order valence-electron chi connectivity index (χ1n) is 21.2. The molecule has 0 aromatic heterocycles.